The highest BCUT2D eigenvalue weighted by Gasteiger charge is 2.44. The van der Waals surface area contributed by atoms with Gasteiger partial charge in [0.25, 0.3) is 0 Å². The van der Waals surface area contributed by atoms with E-state index < -0.39 is 23.8 Å². The molecule has 3 heterocycles. The van der Waals surface area contributed by atoms with E-state index in [2.05, 4.69) is 159 Å². The van der Waals surface area contributed by atoms with E-state index in [0.717, 1.165) is 16.8 Å². The van der Waals surface area contributed by atoms with E-state index in [0.29, 0.717) is 18.4 Å². The zero-order valence-electron chi connectivity index (χ0n) is 29.4. The van der Waals surface area contributed by atoms with Crippen LogP contribution in [-0.4, -0.2) is 38.0 Å². The van der Waals surface area contributed by atoms with Crippen molar-refractivity contribution in [1.82, 2.24) is 10.6 Å². The zero-order chi connectivity index (χ0) is 35.1. The third kappa shape index (κ3) is 4.67. The Hall–Kier alpha value is -5.43. The largest absolute Gasteiger partial charge is 0.367 e. The normalized spacial score (nSPS) is 23.2. The molecule has 4 aromatic carbocycles. The van der Waals surface area contributed by atoms with E-state index in [9.17, 15) is 14.4 Å². The van der Waals surface area contributed by atoms with Gasteiger partial charge in [-0.2, -0.15) is 0 Å². The quantitative estimate of drug-likeness (QED) is 0.217. The maximum atomic E-state index is 13.4. The Morgan fingerprint density at radius 3 is 1.98 bits per heavy atom. The van der Waals surface area contributed by atoms with Gasteiger partial charge < -0.3 is 9.80 Å². The van der Waals surface area contributed by atoms with Crippen LogP contribution in [0, 0.1) is 5.92 Å². The molecule has 3 aliphatic heterocycles. The number of nitrogens with zero attached hydrogens (tertiary/aromatic N) is 2. The second-order valence-corrected chi connectivity index (χ2v) is 15.1. The van der Waals surface area contributed by atoms with Crippen LogP contribution in [-0.2, 0) is 20.4 Å². The summed E-state index contributed by atoms with van der Waals surface area (Å²) in [6.07, 6.45) is 9.94. The summed E-state index contributed by atoms with van der Waals surface area (Å²) in [4.78, 5) is 43.4. The molecular weight excluding hydrogens is 620 g/mol. The highest BCUT2D eigenvalue weighted by atomic mass is 16.2. The first-order valence-corrected chi connectivity index (χ1v) is 17.4. The third-order valence-electron chi connectivity index (χ3n) is 11.5. The minimum atomic E-state index is -1.12. The molecule has 0 bridgehead atoms. The Morgan fingerprint density at radius 1 is 0.720 bits per heavy atom. The van der Waals surface area contributed by atoms with Crippen molar-refractivity contribution in [3.05, 3.63) is 131 Å². The molecule has 252 valence electrons. The zero-order valence-corrected chi connectivity index (χ0v) is 29.4. The molecule has 0 radical (unpaired) electrons. The van der Waals surface area contributed by atoms with Gasteiger partial charge in [-0.3, -0.25) is 20.2 Å². The second-order valence-electron chi connectivity index (χ2n) is 15.1. The van der Waals surface area contributed by atoms with Crippen molar-refractivity contribution < 1.29 is 14.4 Å². The summed E-state index contributed by atoms with van der Waals surface area (Å²) in [5.74, 6) is -2.30. The maximum absolute atomic E-state index is 13.4. The number of hydrogen-bond donors (Lipinski definition) is 2. The molecule has 0 spiro atoms. The summed E-state index contributed by atoms with van der Waals surface area (Å²) in [5.41, 5.74) is 8.19. The van der Waals surface area contributed by atoms with Crippen molar-refractivity contribution >= 4 is 50.8 Å². The first-order chi connectivity index (χ1) is 23.9. The number of rotatable bonds is 4. The molecule has 8 rings (SSSR count). The summed E-state index contributed by atoms with van der Waals surface area (Å²) in [6, 6.07) is 25.0. The van der Waals surface area contributed by atoms with Crippen LogP contribution in [0.2, 0.25) is 0 Å². The van der Waals surface area contributed by atoms with Crippen molar-refractivity contribution in [2.75, 3.05) is 23.9 Å². The van der Waals surface area contributed by atoms with Crippen LogP contribution in [0.25, 0.3) is 21.5 Å². The standard InChI is InChI=1S/C43H42N4O3/c1-42(2)33(46(5)31-21-17-25-11-7-9-13-29(25)37(31)42)23-19-27-15-16-28(35(27)36-39(48)44-41(50)45-40(36)49)20-24-34-43(3,4)38-30-14-10-8-12-26(30)18-22-32(38)47(34)6/h7-14,17-24,33,36H,15-16H2,1-6H3,(H2,44,45,48,49,50). The summed E-state index contributed by atoms with van der Waals surface area (Å²) < 4.78 is 0. The lowest BCUT2D eigenvalue weighted by Crippen LogP contribution is -2.56. The number of benzene rings is 4. The molecule has 1 aliphatic carbocycles. The van der Waals surface area contributed by atoms with Gasteiger partial charge in [0, 0.05) is 42.0 Å². The van der Waals surface area contributed by atoms with Crippen molar-refractivity contribution in [1.29, 1.82) is 0 Å². The van der Waals surface area contributed by atoms with Crippen molar-refractivity contribution in [2.45, 2.75) is 57.4 Å². The minimum absolute atomic E-state index is 0.0454. The molecule has 0 aromatic heterocycles. The number of urea groups is 1. The minimum Gasteiger partial charge on any atom is -0.367 e. The summed E-state index contributed by atoms with van der Waals surface area (Å²) in [7, 11) is 4.23. The SMILES string of the molecule is CN1C(=CC=C2CCC(C=CC3N(C)c4ccc5ccccc5c4C3(C)C)=C2C2C(=O)NC(=O)NC2=O)C(C)(C)c2c1ccc1ccccc21. The number of carbonyl (C=O) groups is 3. The van der Waals surface area contributed by atoms with Gasteiger partial charge in [0.05, 0.1) is 6.04 Å². The predicted molar refractivity (Wildman–Crippen MR) is 201 cm³/mol. The van der Waals surface area contributed by atoms with Crippen LogP contribution >= 0.6 is 0 Å². The summed E-state index contributed by atoms with van der Waals surface area (Å²) in [5, 5.41) is 9.61. The van der Waals surface area contributed by atoms with Gasteiger partial charge in [-0.05, 0) is 80.4 Å². The van der Waals surface area contributed by atoms with Gasteiger partial charge in [-0.1, -0.05) is 107 Å². The number of anilines is 2. The fourth-order valence-corrected chi connectivity index (χ4v) is 9.21. The van der Waals surface area contributed by atoms with Gasteiger partial charge in [-0.15, -0.1) is 0 Å². The van der Waals surface area contributed by atoms with E-state index in [4.69, 9.17) is 0 Å². The number of carbonyl (C=O) groups excluding carboxylic acids is 3. The molecule has 1 atom stereocenters. The second kappa shape index (κ2) is 11.3. The van der Waals surface area contributed by atoms with Crippen LogP contribution in [0.1, 0.15) is 51.7 Å². The number of imide groups is 2. The van der Waals surface area contributed by atoms with E-state index in [1.807, 2.05) is 0 Å². The molecule has 0 saturated carbocycles. The lowest BCUT2D eigenvalue weighted by atomic mass is 9.78. The number of barbiturate groups is 1. The maximum Gasteiger partial charge on any atom is 0.328 e. The van der Waals surface area contributed by atoms with Crippen molar-refractivity contribution in [3.8, 4) is 0 Å². The fraction of sp³-hybridized carbons (Fsp3) is 0.279. The molecule has 7 heteroatoms. The molecule has 1 fully saturated rings. The van der Waals surface area contributed by atoms with Crippen LogP contribution < -0.4 is 20.4 Å². The van der Waals surface area contributed by atoms with E-state index >= 15 is 0 Å². The molecule has 4 aliphatic rings. The monoisotopic (exact) mass is 662 g/mol. The molecule has 4 aromatic rings. The lowest BCUT2D eigenvalue weighted by molar-refractivity contribution is -0.134. The third-order valence-corrected chi connectivity index (χ3v) is 11.5. The van der Waals surface area contributed by atoms with Gasteiger partial charge in [-0.25, -0.2) is 4.79 Å². The Morgan fingerprint density at radius 2 is 1.32 bits per heavy atom. The molecule has 7 nitrogen and oxygen atoms in total. The summed E-state index contributed by atoms with van der Waals surface area (Å²) in [6.45, 7) is 9.07. The van der Waals surface area contributed by atoms with Gasteiger partial charge >= 0.3 is 6.03 Å². The number of likely N-dealkylation sites (N-methyl/N-ethyl adjacent to an activating group) is 2. The first kappa shape index (κ1) is 31.8. The molecule has 1 saturated heterocycles. The Labute approximate surface area is 293 Å². The fourth-order valence-electron chi connectivity index (χ4n) is 9.21. The molecule has 50 heavy (non-hydrogen) atoms. The number of allylic oxidation sites excluding steroid dienone is 6. The summed E-state index contributed by atoms with van der Waals surface area (Å²) >= 11 is 0. The lowest BCUT2D eigenvalue weighted by Gasteiger charge is -2.30. The first-order valence-electron chi connectivity index (χ1n) is 17.4. The molecular formula is C43H42N4O3. The number of amides is 4. The average Bonchev–Trinajstić information content (AvgIpc) is 3.63. The van der Waals surface area contributed by atoms with Crippen LogP contribution in [0.5, 0.6) is 0 Å². The highest BCUT2D eigenvalue weighted by molar-refractivity contribution is 6.18. The number of hydrogen-bond acceptors (Lipinski definition) is 5. The Kier molecular flexibility index (Phi) is 7.19. The molecule has 2 N–H and O–H groups in total. The van der Waals surface area contributed by atoms with Gasteiger partial charge in [0.1, 0.15) is 5.92 Å². The number of fused-ring (bicyclic) bond motifs is 6. The van der Waals surface area contributed by atoms with Crippen LogP contribution in [0.4, 0.5) is 16.2 Å². The molecule has 1 unspecified atom stereocenters. The van der Waals surface area contributed by atoms with Crippen molar-refractivity contribution in [3.63, 3.8) is 0 Å². The van der Waals surface area contributed by atoms with Gasteiger partial charge in [0.2, 0.25) is 11.8 Å². The number of nitrogens with one attached hydrogen (secondary N) is 2. The van der Waals surface area contributed by atoms with E-state index in [1.54, 1.807) is 0 Å². The van der Waals surface area contributed by atoms with Gasteiger partial charge in [0.15, 0.2) is 0 Å². The topological polar surface area (TPSA) is 81.8 Å². The van der Waals surface area contributed by atoms with Crippen molar-refractivity contribution in [2.24, 2.45) is 5.92 Å². The molecule has 4 amide bonds. The predicted octanol–water partition coefficient (Wildman–Crippen LogP) is 7.96. The van der Waals surface area contributed by atoms with Crippen LogP contribution in [0.3, 0.4) is 0 Å². The smallest absolute Gasteiger partial charge is 0.328 e. The Balaban J connectivity index is 1.21. The van der Waals surface area contributed by atoms with E-state index in [-0.39, 0.29) is 16.9 Å². The van der Waals surface area contributed by atoms with Crippen LogP contribution in [0.15, 0.2) is 120 Å². The van der Waals surface area contributed by atoms with E-state index in [1.165, 1.54) is 44.0 Å². The highest BCUT2D eigenvalue weighted by Crippen LogP contribution is 2.51. The Bertz CT molecular complexity index is 2270. The average molecular weight is 663 g/mol.